The van der Waals surface area contributed by atoms with Crippen LogP contribution in [0.4, 0.5) is 0 Å². The summed E-state index contributed by atoms with van der Waals surface area (Å²) in [7, 11) is 0. The van der Waals surface area contributed by atoms with Crippen LogP contribution in [0.25, 0.3) is 0 Å². The van der Waals surface area contributed by atoms with Crippen molar-refractivity contribution >= 4 is 17.5 Å². The van der Waals surface area contributed by atoms with Crippen LogP contribution in [0.15, 0.2) is 36.4 Å². The first-order chi connectivity index (χ1) is 13.6. The summed E-state index contributed by atoms with van der Waals surface area (Å²) in [5.74, 6) is 1.59. The molecule has 0 N–H and O–H groups in total. The predicted molar refractivity (Wildman–Crippen MR) is 109 cm³/mol. The van der Waals surface area contributed by atoms with E-state index in [4.69, 9.17) is 21.1 Å². The summed E-state index contributed by atoms with van der Waals surface area (Å²) in [5.41, 5.74) is 3.67. The summed E-state index contributed by atoms with van der Waals surface area (Å²) < 4.78 is 11.2. The summed E-state index contributed by atoms with van der Waals surface area (Å²) >= 11 is 6.13. The lowest BCUT2D eigenvalue weighted by Crippen LogP contribution is -2.49. The average molecular weight is 401 g/mol. The smallest absolute Gasteiger partial charge is 0.260 e. The average Bonchev–Trinajstić information content (AvgIpc) is 3.17. The van der Waals surface area contributed by atoms with Gasteiger partial charge in [-0.05, 0) is 41.8 Å². The van der Waals surface area contributed by atoms with Crippen molar-refractivity contribution in [2.45, 2.75) is 19.9 Å². The number of nitrogens with zero attached hydrogens (tertiary/aromatic N) is 2. The first-order valence-electron chi connectivity index (χ1n) is 9.72. The molecule has 1 saturated heterocycles. The number of amides is 1. The third-order valence-electron chi connectivity index (χ3n) is 5.32. The van der Waals surface area contributed by atoms with Crippen molar-refractivity contribution < 1.29 is 14.3 Å². The Morgan fingerprint density at radius 2 is 1.96 bits per heavy atom. The predicted octanol–water partition coefficient (Wildman–Crippen LogP) is 3.31. The quantitative estimate of drug-likeness (QED) is 0.772. The lowest BCUT2D eigenvalue weighted by molar-refractivity contribution is -0.135. The lowest BCUT2D eigenvalue weighted by atomic mass is 10.1. The Morgan fingerprint density at radius 1 is 1.14 bits per heavy atom. The molecule has 0 spiro atoms. The molecule has 2 aliphatic heterocycles. The van der Waals surface area contributed by atoms with Gasteiger partial charge in [-0.1, -0.05) is 29.8 Å². The second-order valence-corrected chi connectivity index (χ2v) is 7.83. The summed E-state index contributed by atoms with van der Waals surface area (Å²) in [6, 6.07) is 12.0. The molecule has 0 bridgehead atoms. The van der Waals surface area contributed by atoms with E-state index >= 15 is 0 Å². The maximum absolute atomic E-state index is 12.5. The van der Waals surface area contributed by atoms with Gasteiger partial charge in [-0.25, -0.2) is 0 Å². The Morgan fingerprint density at radius 3 is 2.79 bits per heavy atom. The third-order valence-corrected chi connectivity index (χ3v) is 5.64. The SMILES string of the molecule is Cc1ccc(Cl)c(OCC(=O)N2CCN(Cc3ccc4c(c3)CCO4)CC2)c1. The van der Waals surface area contributed by atoms with Crippen molar-refractivity contribution in [1.29, 1.82) is 0 Å². The van der Waals surface area contributed by atoms with Gasteiger partial charge in [-0.3, -0.25) is 9.69 Å². The van der Waals surface area contributed by atoms with Gasteiger partial charge >= 0.3 is 0 Å². The fraction of sp³-hybridized carbons (Fsp3) is 0.409. The van der Waals surface area contributed by atoms with Crippen molar-refractivity contribution in [3.8, 4) is 11.5 Å². The summed E-state index contributed by atoms with van der Waals surface area (Å²) in [5, 5.41) is 0.531. The van der Waals surface area contributed by atoms with E-state index < -0.39 is 0 Å². The Kier molecular flexibility index (Phi) is 5.74. The van der Waals surface area contributed by atoms with E-state index in [0.29, 0.717) is 10.8 Å². The highest BCUT2D eigenvalue weighted by molar-refractivity contribution is 6.32. The van der Waals surface area contributed by atoms with Crippen LogP contribution in [0.2, 0.25) is 5.02 Å². The van der Waals surface area contributed by atoms with Gasteiger partial charge in [0, 0.05) is 39.1 Å². The topological polar surface area (TPSA) is 42.0 Å². The minimum atomic E-state index is 0.00639. The van der Waals surface area contributed by atoms with E-state index in [1.54, 1.807) is 6.07 Å². The summed E-state index contributed by atoms with van der Waals surface area (Å²) in [6.07, 6.45) is 0.996. The van der Waals surface area contributed by atoms with Crippen LogP contribution in [0.5, 0.6) is 11.5 Å². The van der Waals surface area contributed by atoms with E-state index in [0.717, 1.165) is 57.1 Å². The number of rotatable bonds is 5. The van der Waals surface area contributed by atoms with Crippen LogP contribution in [0, 0.1) is 6.92 Å². The number of hydrogen-bond acceptors (Lipinski definition) is 4. The molecular formula is C22H25ClN2O3. The molecule has 1 amide bonds. The van der Waals surface area contributed by atoms with Crippen LogP contribution < -0.4 is 9.47 Å². The number of fused-ring (bicyclic) bond motifs is 1. The van der Waals surface area contributed by atoms with Crippen molar-refractivity contribution in [3.63, 3.8) is 0 Å². The van der Waals surface area contributed by atoms with Gasteiger partial charge in [-0.2, -0.15) is 0 Å². The zero-order valence-corrected chi connectivity index (χ0v) is 16.9. The highest BCUT2D eigenvalue weighted by Crippen LogP contribution is 2.27. The Balaban J connectivity index is 1.25. The van der Waals surface area contributed by atoms with Crippen LogP contribution >= 0.6 is 11.6 Å². The first kappa shape index (κ1) is 19.1. The number of hydrogen-bond donors (Lipinski definition) is 0. The number of piperazine rings is 1. The molecule has 0 aromatic heterocycles. The molecule has 0 saturated carbocycles. The van der Waals surface area contributed by atoms with Crippen molar-refractivity contribution in [1.82, 2.24) is 9.80 Å². The van der Waals surface area contributed by atoms with Crippen LogP contribution in [-0.2, 0) is 17.8 Å². The normalized spacial score (nSPS) is 16.6. The minimum Gasteiger partial charge on any atom is -0.493 e. The van der Waals surface area contributed by atoms with Crippen molar-refractivity contribution in [2.24, 2.45) is 0 Å². The standard InChI is InChI=1S/C22H25ClN2O3/c1-16-2-4-19(23)21(12-16)28-15-22(26)25-9-7-24(8-10-25)14-17-3-5-20-18(13-17)6-11-27-20/h2-5,12-13H,6-11,14-15H2,1H3. The molecule has 2 aromatic carbocycles. The van der Waals surface area contributed by atoms with Gasteiger partial charge in [0.1, 0.15) is 11.5 Å². The fourth-order valence-electron chi connectivity index (χ4n) is 3.70. The van der Waals surface area contributed by atoms with E-state index in [2.05, 4.69) is 23.1 Å². The first-order valence-corrected chi connectivity index (χ1v) is 10.1. The second kappa shape index (κ2) is 8.41. The van der Waals surface area contributed by atoms with E-state index in [9.17, 15) is 4.79 Å². The number of halogens is 1. The second-order valence-electron chi connectivity index (χ2n) is 7.42. The molecule has 0 aliphatic carbocycles. The number of aryl methyl sites for hydroxylation is 1. The molecule has 28 heavy (non-hydrogen) atoms. The number of carbonyl (C=O) groups excluding carboxylic acids is 1. The molecule has 1 fully saturated rings. The lowest BCUT2D eigenvalue weighted by Gasteiger charge is -2.34. The van der Waals surface area contributed by atoms with E-state index in [1.807, 2.05) is 24.0 Å². The molecule has 2 aliphatic rings. The van der Waals surface area contributed by atoms with Crippen LogP contribution in [0.1, 0.15) is 16.7 Å². The molecule has 0 atom stereocenters. The van der Waals surface area contributed by atoms with Crippen molar-refractivity contribution in [2.75, 3.05) is 39.4 Å². The van der Waals surface area contributed by atoms with Crippen molar-refractivity contribution in [3.05, 3.63) is 58.1 Å². The Hall–Kier alpha value is -2.24. The number of benzene rings is 2. The van der Waals surface area contributed by atoms with Gasteiger partial charge in [0.25, 0.3) is 5.91 Å². The molecular weight excluding hydrogens is 376 g/mol. The summed E-state index contributed by atoms with van der Waals surface area (Å²) in [4.78, 5) is 16.7. The van der Waals surface area contributed by atoms with Gasteiger partial charge < -0.3 is 14.4 Å². The molecule has 148 valence electrons. The highest BCUT2D eigenvalue weighted by atomic mass is 35.5. The minimum absolute atomic E-state index is 0.00639. The van der Waals surface area contributed by atoms with Crippen LogP contribution in [0.3, 0.4) is 0 Å². The number of carbonyl (C=O) groups is 1. The fourth-order valence-corrected chi connectivity index (χ4v) is 3.88. The molecule has 4 rings (SSSR count). The van der Waals surface area contributed by atoms with Crippen LogP contribution in [-0.4, -0.2) is 55.1 Å². The molecule has 5 nitrogen and oxygen atoms in total. The number of ether oxygens (including phenoxy) is 2. The van der Waals surface area contributed by atoms with E-state index in [-0.39, 0.29) is 12.5 Å². The maximum Gasteiger partial charge on any atom is 0.260 e. The van der Waals surface area contributed by atoms with Gasteiger partial charge in [0.05, 0.1) is 11.6 Å². The Labute approximate surface area is 170 Å². The Bertz CT molecular complexity index is 863. The maximum atomic E-state index is 12.5. The zero-order chi connectivity index (χ0) is 19.5. The van der Waals surface area contributed by atoms with Gasteiger partial charge in [-0.15, -0.1) is 0 Å². The highest BCUT2D eigenvalue weighted by Gasteiger charge is 2.22. The molecule has 2 heterocycles. The van der Waals surface area contributed by atoms with E-state index in [1.165, 1.54) is 11.1 Å². The summed E-state index contributed by atoms with van der Waals surface area (Å²) in [6.45, 7) is 6.86. The van der Waals surface area contributed by atoms with Gasteiger partial charge in [0.15, 0.2) is 6.61 Å². The van der Waals surface area contributed by atoms with Gasteiger partial charge in [0.2, 0.25) is 0 Å². The molecule has 2 aromatic rings. The largest absolute Gasteiger partial charge is 0.493 e. The monoisotopic (exact) mass is 400 g/mol. The third kappa shape index (κ3) is 4.42. The molecule has 0 radical (unpaired) electrons. The molecule has 0 unspecified atom stereocenters. The zero-order valence-electron chi connectivity index (χ0n) is 16.1. The molecule has 6 heteroatoms.